The number of H-pyrrole nitrogens is 1. The Bertz CT molecular complexity index is 1440. The predicted octanol–water partition coefficient (Wildman–Crippen LogP) is 3.60. The van der Waals surface area contributed by atoms with Gasteiger partial charge in [-0.1, -0.05) is 6.07 Å². The molecule has 0 bridgehead atoms. The first kappa shape index (κ1) is 26.4. The largest absolute Gasteiger partial charge is 0.368 e. The topological polar surface area (TPSA) is 148 Å². The van der Waals surface area contributed by atoms with Crippen LogP contribution in [0.15, 0.2) is 36.8 Å². The van der Waals surface area contributed by atoms with Crippen LogP contribution in [0, 0.1) is 19.7 Å². The van der Waals surface area contributed by atoms with E-state index in [9.17, 15) is 9.18 Å². The minimum atomic E-state index is -0.944. The fraction of sp³-hybridized carbons (Fsp3) is 0.423. The van der Waals surface area contributed by atoms with Crippen LogP contribution < -0.4 is 10.6 Å². The standard InChI is InChI=1S/C26H31FN10O2/c1-15-11-21(36-35-15)33-25-32-17(3)31-23(34-25)18-7-9-26(39-4,10-8-18)24(38)30-16(2)19-5-6-22(28-12-19)37-14-20(27)13-29-37/h5-6,11-14,16,18H,7-10H2,1-4H3,(H,30,38)(H2,31,32,33,34,35,36)/t16-,18?,26?/m0/s1. The Labute approximate surface area is 224 Å². The molecule has 12 nitrogen and oxygen atoms in total. The molecule has 3 N–H and O–H groups in total. The third kappa shape index (κ3) is 5.77. The van der Waals surface area contributed by atoms with Gasteiger partial charge in [0.2, 0.25) is 5.95 Å². The van der Waals surface area contributed by atoms with Gasteiger partial charge in [-0.2, -0.15) is 20.2 Å². The number of nitrogens with zero attached hydrogens (tertiary/aromatic N) is 7. The molecule has 1 saturated carbocycles. The third-order valence-corrected chi connectivity index (χ3v) is 7.08. The van der Waals surface area contributed by atoms with Crippen LogP contribution in [0.4, 0.5) is 16.2 Å². The zero-order valence-electron chi connectivity index (χ0n) is 22.3. The SMILES string of the molecule is COC1(C(=O)N[C@@H](C)c2ccc(-n3cc(F)cn3)nc2)CCC(c2nc(C)nc(Nc3cc(C)[nH]n3)n2)CC1. The summed E-state index contributed by atoms with van der Waals surface area (Å²) in [6.45, 7) is 5.64. The van der Waals surface area contributed by atoms with E-state index in [4.69, 9.17) is 4.74 Å². The summed E-state index contributed by atoms with van der Waals surface area (Å²) >= 11 is 0. The molecule has 0 aliphatic heterocycles. The van der Waals surface area contributed by atoms with Crippen molar-refractivity contribution >= 4 is 17.7 Å². The van der Waals surface area contributed by atoms with Gasteiger partial charge in [0.05, 0.1) is 18.4 Å². The van der Waals surface area contributed by atoms with Crippen LogP contribution in [0.25, 0.3) is 5.82 Å². The van der Waals surface area contributed by atoms with Crippen LogP contribution >= 0.6 is 0 Å². The fourth-order valence-corrected chi connectivity index (χ4v) is 4.83. The number of aryl methyl sites for hydroxylation is 2. The molecule has 1 amide bonds. The van der Waals surface area contributed by atoms with Gasteiger partial charge in [0, 0.05) is 31.0 Å². The molecule has 4 aromatic rings. The number of ether oxygens (including phenoxy) is 1. The van der Waals surface area contributed by atoms with E-state index in [0.29, 0.717) is 54.9 Å². The minimum absolute atomic E-state index is 0.0746. The molecule has 4 aromatic heterocycles. The Balaban J connectivity index is 1.22. The summed E-state index contributed by atoms with van der Waals surface area (Å²) in [5, 5.41) is 17.2. The Morgan fingerprint density at radius 3 is 2.62 bits per heavy atom. The van der Waals surface area contributed by atoms with Crippen molar-refractivity contribution in [2.24, 2.45) is 0 Å². The van der Waals surface area contributed by atoms with Crippen molar-refractivity contribution < 1.29 is 13.9 Å². The second-order valence-electron chi connectivity index (χ2n) is 9.85. The maximum atomic E-state index is 13.4. The first-order chi connectivity index (χ1) is 18.7. The number of aromatic nitrogens is 8. The van der Waals surface area contributed by atoms with Gasteiger partial charge in [-0.3, -0.25) is 9.89 Å². The van der Waals surface area contributed by atoms with E-state index >= 15 is 0 Å². The highest BCUT2D eigenvalue weighted by atomic mass is 19.1. The van der Waals surface area contributed by atoms with E-state index in [1.54, 1.807) is 19.4 Å². The lowest BCUT2D eigenvalue weighted by Gasteiger charge is -2.38. The first-order valence-corrected chi connectivity index (χ1v) is 12.8. The number of pyridine rings is 1. The molecule has 39 heavy (non-hydrogen) atoms. The molecule has 1 aliphatic carbocycles. The average Bonchev–Trinajstić information content (AvgIpc) is 3.55. The van der Waals surface area contributed by atoms with Gasteiger partial charge in [-0.15, -0.1) is 0 Å². The fourth-order valence-electron chi connectivity index (χ4n) is 4.83. The van der Waals surface area contributed by atoms with Gasteiger partial charge in [0.1, 0.15) is 17.2 Å². The summed E-state index contributed by atoms with van der Waals surface area (Å²) in [7, 11) is 1.57. The van der Waals surface area contributed by atoms with Crippen molar-refractivity contribution in [3.8, 4) is 5.82 Å². The molecule has 1 aliphatic rings. The maximum Gasteiger partial charge on any atom is 0.252 e. The number of nitrogens with one attached hydrogen (secondary N) is 3. The molecule has 1 atom stereocenters. The van der Waals surface area contributed by atoms with Crippen molar-refractivity contribution in [3.63, 3.8) is 0 Å². The molecule has 5 rings (SSSR count). The van der Waals surface area contributed by atoms with Crippen LogP contribution in [0.5, 0.6) is 0 Å². The van der Waals surface area contributed by atoms with Gasteiger partial charge in [0.25, 0.3) is 5.91 Å². The Morgan fingerprint density at radius 1 is 1.21 bits per heavy atom. The lowest BCUT2D eigenvalue weighted by molar-refractivity contribution is -0.148. The molecule has 0 radical (unpaired) electrons. The zero-order valence-corrected chi connectivity index (χ0v) is 22.3. The average molecular weight is 535 g/mol. The zero-order chi connectivity index (χ0) is 27.6. The monoisotopic (exact) mass is 534 g/mol. The van der Waals surface area contributed by atoms with Crippen LogP contribution in [0.1, 0.15) is 67.5 Å². The van der Waals surface area contributed by atoms with Gasteiger partial charge in [-0.05, 0) is 58.1 Å². The summed E-state index contributed by atoms with van der Waals surface area (Å²) in [4.78, 5) is 31.4. The highest BCUT2D eigenvalue weighted by Crippen LogP contribution is 2.39. The predicted molar refractivity (Wildman–Crippen MR) is 140 cm³/mol. The quantitative estimate of drug-likeness (QED) is 0.308. The number of halogens is 1. The summed E-state index contributed by atoms with van der Waals surface area (Å²) in [5.74, 6) is 2.34. The highest BCUT2D eigenvalue weighted by molar-refractivity contribution is 5.85. The third-order valence-electron chi connectivity index (χ3n) is 7.08. The number of carbonyl (C=O) groups is 1. The molecule has 204 valence electrons. The summed E-state index contributed by atoms with van der Waals surface area (Å²) in [6, 6.07) is 5.14. The molecular weight excluding hydrogens is 503 g/mol. The molecule has 0 saturated heterocycles. The first-order valence-electron chi connectivity index (χ1n) is 12.8. The molecule has 0 spiro atoms. The van der Waals surface area contributed by atoms with Crippen LogP contribution in [0.2, 0.25) is 0 Å². The molecule has 13 heteroatoms. The van der Waals surface area contributed by atoms with Crippen molar-refractivity contribution in [1.29, 1.82) is 0 Å². The van der Waals surface area contributed by atoms with E-state index in [-0.39, 0.29) is 17.9 Å². The molecule has 0 aromatic carbocycles. The number of hydrogen-bond donors (Lipinski definition) is 3. The van der Waals surface area contributed by atoms with Crippen molar-refractivity contribution in [3.05, 3.63) is 65.5 Å². The minimum Gasteiger partial charge on any atom is -0.368 e. The van der Waals surface area contributed by atoms with Crippen LogP contribution in [-0.4, -0.2) is 58.5 Å². The summed E-state index contributed by atoms with van der Waals surface area (Å²) in [5.41, 5.74) is 0.798. The van der Waals surface area contributed by atoms with Gasteiger partial charge < -0.3 is 15.4 Å². The molecule has 0 unspecified atom stereocenters. The van der Waals surface area contributed by atoms with E-state index < -0.39 is 11.4 Å². The summed E-state index contributed by atoms with van der Waals surface area (Å²) < 4.78 is 20.4. The summed E-state index contributed by atoms with van der Waals surface area (Å²) in [6.07, 6.45) is 6.46. The van der Waals surface area contributed by atoms with Crippen molar-refractivity contribution in [2.45, 2.75) is 64.0 Å². The lowest BCUT2D eigenvalue weighted by Crippen LogP contribution is -2.50. The maximum absolute atomic E-state index is 13.4. The van der Waals surface area contributed by atoms with E-state index in [2.05, 4.69) is 45.9 Å². The highest BCUT2D eigenvalue weighted by Gasteiger charge is 2.43. The van der Waals surface area contributed by atoms with Crippen molar-refractivity contribution in [1.82, 2.24) is 45.2 Å². The molecular formula is C26H31FN10O2. The van der Waals surface area contributed by atoms with Gasteiger partial charge in [0.15, 0.2) is 17.5 Å². The number of anilines is 2. The number of rotatable bonds is 8. The molecule has 1 fully saturated rings. The second kappa shape index (κ2) is 10.8. The van der Waals surface area contributed by atoms with E-state index in [1.165, 1.54) is 10.9 Å². The lowest BCUT2D eigenvalue weighted by atomic mass is 9.77. The number of amides is 1. The van der Waals surface area contributed by atoms with Gasteiger partial charge >= 0.3 is 0 Å². The van der Waals surface area contributed by atoms with E-state index in [0.717, 1.165) is 17.5 Å². The number of carbonyl (C=O) groups excluding carboxylic acids is 1. The second-order valence-corrected chi connectivity index (χ2v) is 9.85. The van der Waals surface area contributed by atoms with Crippen LogP contribution in [0.3, 0.4) is 0 Å². The Morgan fingerprint density at radius 2 is 2.00 bits per heavy atom. The number of methoxy groups -OCH3 is 1. The van der Waals surface area contributed by atoms with Crippen LogP contribution in [-0.2, 0) is 9.53 Å². The normalized spacial score (nSPS) is 20.0. The molecule has 4 heterocycles. The Hall–Kier alpha value is -4.26. The smallest absolute Gasteiger partial charge is 0.252 e. The Kier molecular flexibility index (Phi) is 7.33. The van der Waals surface area contributed by atoms with E-state index in [1.807, 2.05) is 32.9 Å². The van der Waals surface area contributed by atoms with Gasteiger partial charge in [-0.25, -0.2) is 19.0 Å². The van der Waals surface area contributed by atoms with Crippen molar-refractivity contribution in [2.75, 3.05) is 12.4 Å². The number of hydrogen-bond acceptors (Lipinski definition) is 9. The number of aromatic amines is 1.